The Balaban J connectivity index is 0.000000631. The molecule has 0 aliphatic carbocycles. The van der Waals surface area contributed by atoms with E-state index in [0.717, 1.165) is 0 Å². The maximum Gasteiger partial charge on any atom is 0.207 e. The van der Waals surface area contributed by atoms with E-state index in [2.05, 4.69) is 23.8 Å². The molecule has 0 saturated carbocycles. The second kappa shape index (κ2) is 8.88. The third-order valence-electron chi connectivity index (χ3n) is 2.09. The molecule has 2 N–H and O–H groups in total. The zero-order valence-corrected chi connectivity index (χ0v) is 11.0. The molecule has 0 fully saturated rings. The predicted octanol–water partition coefficient (Wildman–Crippen LogP) is 2.28. The number of ketones is 1. The number of hydrogen-bond acceptors (Lipinski definition) is 4. The van der Waals surface area contributed by atoms with Crippen molar-refractivity contribution in [2.45, 2.75) is 33.6 Å². The van der Waals surface area contributed by atoms with E-state index in [4.69, 9.17) is 11.0 Å². The molecule has 1 rings (SSSR count). The lowest BCUT2D eigenvalue weighted by molar-refractivity contribution is 0.101. The van der Waals surface area contributed by atoms with Gasteiger partial charge in [0.15, 0.2) is 5.78 Å². The second-order valence-corrected chi connectivity index (χ2v) is 3.58. The molecule has 18 heavy (non-hydrogen) atoms. The van der Waals surface area contributed by atoms with Crippen molar-refractivity contribution in [3.8, 4) is 6.19 Å². The molecule has 0 atom stereocenters. The molecule has 0 saturated heterocycles. The zero-order chi connectivity index (χ0) is 14.0. The van der Waals surface area contributed by atoms with Crippen LogP contribution in [0, 0.1) is 11.5 Å². The topological polar surface area (TPSA) is 92.1 Å². The van der Waals surface area contributed by atoms with Crippen LogP contribution in [0.2, 0.25) is 0 Å². The largest absolute Gasteiger partial charge is 0.383 e. The van der Waals surface area contributed by atoms with Gasteiger partial charge in [-0.05, 0) is 12.1 Å². The standard InChI is InChI=1S/C9H8N4O.C4H10/c1-6(14)8-4-7(2-3-12-8)9(11)13-5-10;1-3-4-2/h2-4H,1H3,(H2,11,13);3-4H2,1-2H3. The Hall–Kier alpha value is -2.22. The van der Waals surface area contributed by atoms with Gasteiger partial charge in [0, 0.05) is 18.7 Å². The highest BCUT2D eigenvalue weighted by molar-refractivity contribution is 6.00. The monoisotopic (exact) mass is 246 g/mol. The molecule has 0 amide bonds. The highest BCUT2D eigenvalue weighted by Gasteiger charge is 2.04. The minimum absolute atomic E-state index is 0.0809. The summed E-state index contributed by atoms with van der Waals surface area (Å²) in [6.45, 7) is 5.77. The molecule has 0 unspecified atom stereocenters. The fourth-order valence-corrected chi connectivity index (χ4v) is 0.901. The lowest BCUT2D eigenvalue weighted by Gasteiger charge is -1.99. The van der Waals surface area contributed by atoms with Gasteiger partial charge in [-0.3, -0.25) is 9.78 Å². The lowest BCUT2D eigenvalue weighted by Crippen LogP contribution is -2.13. The molecule has 0 spiro atoms. The van der Waals surface area contributed by atoms with Gasteiger partial charge in [-0.1, -0.05) is 26.7 Å². The fourth-order valence-electron chi connectivity index (χ4n) is 0.901. The van der Waals surface area contributed by atoms with E-state index in [1.807, 2.05) is 0 Å². The number of hydrogen-bond donors (Lipinski definition) is 1. The van der Waals surface area contributed by atoms with Crippen LogP contribution in [0.15, 0.2) is 23.3 Å². The van der Waals surface area contributed by atoms with Gasteiger partial charge in [0.05, 0.1) is 0 Å². The molecule has 0 aliphatic heterocycles. The number of aliphatic imine (C=N–C) groups is 1. The molecule has 96 valence electrons. The van der Waals surface area contributed by atoms with E-state index in [1.165, 1.54) is 32.0 Å². The summed E-state index contributed by atoms with van der Waals surface area (Å²) < 4.78 is 0. The molecule has 5 heteroatoms. The Labute approximate surface area is 107 Å². The summed E-state index contributed by atoms with van der Waals surface area (Å²) in [6, 6.07) is 3.08. The number of aromatic nitrogens is 1. The van der Waals surface area contributed by atoms with Crippen LogP contribution in [0.4, 0.5) is 0 Å². The van der Waals surface area contributed by atoms with E-state index >= 15 is 0 Å². The number of carbonyl (C=O) groups excluding carboxylic acids is 1. The van der Waals surface area contributed by atoms with Gasteiger partial charge in [-0.25, -0.2) is 0 Å². The van der Waals surface area contributed by atoms with Crippen LogP contribution in [0.5, 0.6) is 0 Å². The summed E-state index contributed by atoms with van der Waals surface area (Å²) in [7, 11) is 0. The third kappa shape index (κ3) is 5.75. The van der Waals surface area contributed by atoms with E-state index < -0.39 is 0 Å². The van der Waals surface area contributed by atoms with Gasteiger partial charge >= 0.3 is 0 Å². The summed E-state index contributed by atoms with van der Waals surface area (Å²) >= 11 is 0. The summed E-state index contributed by atoms with van der Waals surface area (Å²) in [5, 5.41) is 8.28. The molecule has 0 aliphatic rings. The maximum atomic E-state index is 11.0. The molecular formula is C13H18N4O. The van der Waals surface area contributed by atoms with Gasteiger partial charge in [-0.2, -0.15) is 10.3 Å². The van der Waals surface area contributed by atoms with Crippen molar-refractivity contribution in [3.05, 3.63) is 29.6 Å². The number of amidine groups is 1. The van der Waals surface area contributed by atoms with Crippen molar-refractivity contribution in [3.63, 3.8) is 0 Å². The SMILES string of the molecule is CC(=O)c1cc(C(N)=NC#N)ccn1.CCCC. The van der Waals surface area contributed by atoms with E-state index in [9.17, 15) is 4.79 Å². The average Bonchev–Trinajstić information content (AvgIpc) is 2.39. The number of nitriles is 1. The zero-order valence-electron chi connectivity index (χ0n) is 11.0. The van der Waals surface area contributed by atoms with Crippen LogP contribution in [0.1, 0.15) is 49.7 Å². The molecule has 1 aromatic rings. The second-order valence-electron chi connectivity index (χ2n) is 3.58. The lowest BCUT2D eigenvalue weighted by atomic mass is 10.2. The van der Waals surface area contributed by atoms with Crippen LogP contribution in [0.3, 0.4) is 0 Å². The van der Waals surface area contributed by atoms with E-state index in [0.29, 0.717) is 11.3 Å². The average molecular weight is 246 g/mol. The number of nitrogens with zero attached hydrogens (tertiary/aromatic N) is 3. The first-order valence-corrected chi connectivity index (χ1v) is 5.76. The first kappa shape index (κ1) is 15.8. The Morgan fingerprint density at radius 2 is 2.11 bits per heavy atom. The smallest absolute Gasteiger partial charge is 0.207 e. The number of nitrogens with two attached hydrogens (primary N) is 1. The molecule has 0 bridgehead atoms. The van der Waals surface area contributed by atoms with Gasteiger partial charge in [-0.15, -0.1) is 0 Å². The van der Waals surface area contributed by atoms with Crippen molar-refractivity contribution in [2.24, 2.45) is 10.7 Å². The van der Waals surface area contributed by atoms with Crippen LogP contribution < -0.4 is 5.73 Å². The van der Waals surface area contributed by atoms with Crippen molar-refractivity contribution in [2.75, 3.05) is 0 Å². The number of unbranched alkanes of at least 4 members (excludes halogenated alkanes) is 1. The number of rotatable bonds is 3. The van der Waals surface area contributed by atoms with Crippen molar-refractivity contribution >= 4 is 11.6 Å². The molecule has 0 radical (unpaired) electrons. The molecule has 1 heterocycles. The number of carbonyl (C=O) groups is 1. The highest BCUT2D eigenvalue weighted by Crippen LogP contribution is 2.02. The number of pyridine rings is 1. The molecule has 0 aromatic carbocycles. The molecular weight excluding hydrogens is 228 g/mol. The van der Waals surface area contributed by atoms with E-state index in [1.54, 1.807) is 12.3 Å². The van der Waals surface area contributed by atoms with Gasteiger partial charge in [0.1, 0.15) is 11.5 Å². The third-order valence-corrected chi connectivity index (χ3v) is 2.09. The number of Topliss-reactive ketones (excluding diaryl/α,β-unsaturated/α-hetero) is 1. The summed E-state index contributed by atoms with van der Waals surface area (Å²) in [4.78, 5) is 18.2. The first-order chi connectivity index (χ1) is 8.56. The van der Waals surface area contributed by atoms with Crippen LogP contribution in [-0.4, -0.2) is 16.6 Å². The fraction of sp³-hybridized carbons (Fsp3) is 0.385. The molecule has 5 nitrogen and oxygen atoms in total. The van der Waals surface area contributed by atoms with E-state index in [-0.39, 0.29) is 11.6 Å². The molecule has 1 aromatic heterocycles. The summed E-state index contributed by atoms with van der Waals surface area (Å²) in [5.74, 6) is -0.0750. The van der Waals surface area contributed by atoms with Crippen molar-refractivity contribution in [1.82, 2.24) is 4.98 Å². The Kier molecular flexibility index (Phi) is 7.78. The van der Waals surface area contributed by atoms with Crippen molar-refractivity contribution in [1.29, 1.82) is 5.26 Å². The van der Waals surface area contributed by atoms with Crippen molar-refractivity contribution < 1.29 is 4.79 Å². The minimum Gasteiger partial charge on any atom is -0.383 e. The maximum absolute atomic E-state index is 11.0. The normalized spacial score (nSPS) is 10.0. The Bertz CT molecular complexity index is 458. The van der Waals surface area contributed by atoms with Gasteiger partial charge < -0.3 is 5.73 Å². The quantitative estimate of drug-likeness (QED) is 0.383. The predicted molar refractivity (Wildman–Crippen MR) is 71.2 cm³/mol. The van der Waals surface area contributed by atoms with Gasteiger partial charge in [0.25, 0.3) is 0 Å². The van der Waals surface area contributed by atoms with Gasteiger partial charge in [0.2, 0.25) is 6.19 Å². The van der Waals surface area contributed by atoms with Crippen LogP contribution in [-0.2, 0) is 0 Å². The Morgan fingerprint density at radius 3 is 2.56 bits per heavy atom. The Morgan fingerprint density at radius 1 is 1.50 bits per heavy atom. The highest BCUT2D eigenvalue weighted by atomic mass is 16.1. The van der Waals surface area contributed by atoms with Crippen LogP contribution in [0.25, 0.3) is 0 Å². The summed E-state index contributed by atoms with van der Waals surface area (Å²) in [5.41, 5.74) is 6.29. The summed E-state index contributed by atoms with van der Waals surface area (Å²) in [6.07, 6.45) is 5.66. The minimum atomic E-state index is -0.156. The van der Waals surface area contributed by atoms with Crippen LogP contribution >= 0.6 is 0 Å². The first-order valence-electron chi connectivity index (χ1n) is 5.76.